The Morgan fingerprint density at radius 3 is 2.33 bits per heavy atom. The van der Waals surface area contributed by atoms with Crippen LogP contribution in [0.3, 0.4) is 0 Å². The standard InChI is InChI=1S/C12H15ClF3NO/c1-7(2)10-4-9(6-13)5-11(17-10)18-8(3)12(14,15)16/h4-5,7-8H,6H2,1-3H3. The van der Waals surface area contributed by atoms with Gasteiger partial charge in [-0.1, -0.05) is 13.8 Å². The van der Waals surface area contributed by atoms with Gasteiger partial charge in [0, 0.05) is 17.6 Å². The van der Waals surface area contributed by atoms with Gasteiger partial charge in [-0.05, 0) is 24.5 Å². The summed E-state index contributed by atoms with van der Waals surface area (Å²) in [6.07, 6.45) is -6.30. The topological polar surface area (TPSA) is 22.1 Å². The van der Waals surface area contributed by atoms with Crippen molar-refractivity contribution in [1.29, 1.82) is 0 Å². The van der Waals surface area contributed by atoms with Crippen molar-refractivity contribution in [3.05, 3.63) is 23.4 Å². The second-order valence-corrected chi connectivity index (χ2v) is 4.60. The lowest BCUT2D eigenvalue weighted by molar-refractivity contribution is -0.190. The molecule has 1 atom stereocenters. The molecule has 0 amide bonds. The highest BCUT2D eigenvalue weighted by molar-refractivity contribution is 6.17. The molecule has 0 N–H and O–H groups in total. The van der Waals surface area contributed by atoms with Gasteiger partial charge in [-0.25, -0.2) is 4.98 Å². The van der Waals surface area contributed by atoms with Crippen molar-refractivity contribution in [3.8, 4) is 5.88 Å². The molecule has 0 saturated carbocycles. The summed E-state index contributed by atoms with van der Waals surface area (Å²) < 4.78 is 42.0. The number of pyridine rings is 1. The highest BCUT2D eigenvalue weighted by atomic mass is 35.5. The molecule has 0 aromatic carbocycles. The first kappa shape index (κ1) is 15.1. The molecule has 0 aliphatic rings. The number of halogens is 4. The van der Waals surface area contributed by atoms with Crippen LogP contribution in [-0.4, -0.2) is 17.3 Å². The van der Waals surface area contributed by atoms with Crippen molar-refractivity contribution in [2.75, 3.05) is 0 Å². The zero-order chi connectivity index (χ0) is 13.9. The van der Waals surface area contributed by atoms with Gasteiger partial charge in [-0.3, -0.25) is 0 Å². The quantitative estimate of drug-likeness (QED) is 0.769. The lowest BCUT2D eigenvalue weighted by Gasteiger charge is -2.18. The van der Waals surface area contributed by atoms with E-state index in [-0.39, 0.29) is 17.7 Å². The smallest absolute Gasteiger partial charge is 0.425 e. The summed E-state index contributed by atoms with van der Waals surface area (Å²) >= 11 is 5.70. The van der Waals surface area contributed by atoms with Gasteiger partial charge in [0.25, 0.3) is 0 Å². The first-order valence-corrected chi connectivity index (χ1v) is 6.07. The molecule has 0 spiro atoms. The third kappa shape index (κ3) is 4.05. The average Bonchev–Trinajstić information content (AvgIpc) is 2.27. The summed E-state index contributed by atoms with van der Waals surface area (Å²) in [5, 5.41) is 0. The number of nitrogens with zero attached hydrogens (tertiary/aromatic N) is 1. The Kier molecular flexibility index (Phi) is 4.85. The first-order chi connectivity index (χ1) is 8.24. The van der Waals surface area contributed by atoms with E-state index in [9.17, 15) is 13.2 Å². The first-order valence-electron chi connectivity index (χ1n) is 5.54. The number of hydrogen-bond donors (Lipinski definition) is 0. The maximum atomic E-state index is 12.4. The molecule has 0 fully saturated rings. The Morgan fingerprint density at radius 1 is 1.28 bits per heavy atom. The molecule has 1 heterocycles. The van der Waals surface area contributed by atoms with Crippen molar-refractivity contribution < 1.29 is 17.9 Å². The summed E-state index contributed by atoms with van der Waals surface area (Å²) in [6, 6.07) is 3.20. The number of rotatable bonds is 4. The molecule has 0 aliphatic heterocycles. The molecule has 1 aromatic heterocycles. The minimum absolute atomic E-state index is 0.0401. The zero-order valence-corrected chi connectivity index (χ0v) is 11.1. The van der Waals surface area contributed by atoms with E-state index in [2.05, 4.69) is 4.98 Å². The van der Waals surface area contributed by atoms with Gasteiger partial charge in [0.2, 0.25) is 5.88 Å². The van der Waals surface area contributed by atoms with E-state index < -0.39 is 12.3 Å². The van der Waals surface area contributed by atoms with Crippen LogP contribution in [0.4, 0.5) is 13.2 Å². The lowest BCUT2D eigenvalue weighted by atomic mass is 10.1. The summed E-state index contributed by atoms with van der Waals surface area (Å²) in [7, 11) is 0. The molecule has 1 unspecified atom stereocenters. The molecule has 0 saturated heterocycles. The van der Waals surface area contributed by atoms with Crippen LogP contribution in [-0.2, 0) is 5.88 Å². The predicted octanol–water partition coefficient (Wildman–Crippen LogP) is 4.27. The monoisotopic (exact) mass is 281 g/mol. The molecule has 18 heavy (non-hydrogen) atoms. The molecule has 1 rings (SSSR count). The summed E-state index contributed by atoms with van der Waals surface area (Å²) in [4.78, 5) is 4.05. The largest absolute Gasteiger partial charge is 0.465 e. The molecule has 0 bridgehead atoms. The number of ether oxygens (including phenoxy) is 1. The lowest BCUT2D eigenvalue weighted by Crippen LogP contribution is -2.31. The average molecular weight is 282 g/mol. The third-order valence-electron chi connectivity index (χ3n) is 2.39. The van der Waals surface area contributed by atoms with Gasteiger partial charge in [0.15, 0.2) is 6.10 Å². The molecule has 102 valence electrons. The Balaban J connectivity index is 2.98. The summed E-state index contributed by atoms with van der Waals surface area (Å²) in [5.74, 6) is 0.261. The highest BCUT2D eigenvalue weighted by Gasteiger charge is 2.38. The maximum absolute atomic E-state index is 12.4. The third-order valence-corrected chi connectivity index (χ3v) is 2.69. The Morgan fingerprint density at radius 2 is 1.89 bits per heavy atom. The minimum Gasteiger partial charge on any atom is -0.465 e. The Labute approximate surface area is 109 Å². The van der Waals surface area contributed by atoms with Gasteiger partial charge in [0.05, 0.1) is 0 Å². The van der Waals surface area contributed by atoms with Crippen LogP contribution in [0.1, 0.15) is 37.9 Å². The highest BCUT2D eigenvalue weighted by Crippen LogP contribution is 2.26. The van der Waals surface area contributed by atoms with Gasteiger partial charge in [-0.15, -0.1) is 11.6 Å². The van der Waals surface area contributed by atoms with Crippen molar-refractivity contribution in [3.63, 3.8) is 0 Å². The number of aromatic nitrogens is 1. The van der Waals surface area contributed by atoms with E-state index >= 15 is 0 Å². The van der Waals surface area contributed by atoms with Gasteiger partial charge < -0.3 is 4.74 Å². The van der Waals surface area contributed by atoms with Crippen LogP contribution < -0.4 is 4.74 Å². The van der Waals surface area contributed by atoms with Crippen LogP contribution >= 0.6 is 11.6 Å². The molecular formula is C12H15ClF3NO. The number of hydrogen-bond acceptors (Lipinski definition) is 2. The van der Waals surface area contributed by atoms with Crippen LogP contribution in [0, 0.1) is 0 Å². The summed E-state index contributed by atoms with van der Waals surface area (Å²) in [5.41, 5.74) is 1.36. The van der Waals surface area contributed by atoms with E-state index in [1.807, 2.05) is 13.8 Å². The minimum atomic E-state index is -4.41. The van der Waals surface area contributed by atoms with Crippen molar-refractivity contribution >= 4 is 11.6 Å². The van der Waals surface area contributed by atoms with Crippen molar-refractivity contribution in [2.24, 2.45) is 0 Å². The van der Waals surface area contributed by atoms with E-state index in [1.54, 1.807) is 6.07 Å². The molecule has 6 heteroatoms. The fourth-order valence-corrected chi connectivity index (χ4v) is 1.42. The fraction of sp³-hybridized carbons (Fsp3) is 0.583. The molecule has 2 nitrogen and oxygen atoms in total. The SMILES string of the molecule is CC(C)c1cc(CCl)cc(OC(C)C(F)(F)F)n1. The Bertz CT molecular complexity index is 407. The van der Waals surface area contributed by atoms with E-state index in [0.29, 0.717) is 11.3 Å². The van der Waals surface area contributed by atoms with Gasteiger partial charge in [0.1, 0.15) is 0 Å². The van der Waals surface area contributed by atoms with Crippen LogP contribution in [0.2, 0.25) is 0 Å². The van der Waals surface area contributed by atoms with Gasteiger partial charge >= 0.3 is 6.18 Å². The molecule has 0 radical (unpaired) electrons. The molecule has 1 aromatic rings. The molecule has 0 aliphatic carbocycles. The van der Waals surface area contributed by atoms with Crippen molar-refractivity contribution in [1.82, 2.24) is 4.98 Å². The predicted molar refractivity (Wildman–Crippen MR) is 64.0 cm³/mol. The maximum Gasteiger partial charge on any atom is 0.425 e. The van der Waals surface area contributed by atoms with Crippen LogP contribution in [0.15, 0.2) is 12.1 Å². The fourth-order valence-electron chi connectivity index (χ4n) is 1.26. The Hall–Kier alpha value is -0.970. The van der Waals surface area contributed by atoms with E-state index in [4.69, 9.17) is 16.3 Å². The number of alkyl halides is 4. The summed E-state index contributed by atoms with van der Waals surface area (Å²) in [6.45, 7) is 4.75. The van der Waals surface area contributed by atoms with Crippen LogP contribution in [0.5, 0.6) is 5.88 Å². The van der Waals surface area contributed by atoms with Crippen LogP contribution in [0.25, 0.3) is 0 Å². The van der Waals surface area contributed by atoms with Crippen molar-refractivity contribution in [2.45, 2.75) is 44.8 Å². The molecular weight excluding hydrogens is 267 g/mol. The zero-order valence-electron chi connectivity index (χ0n) is 10.4. The normalized spacial score (nSPS) is 13.8. The van der Waals surface area contributed by atoms with E-state index in [1.165, 1.54) is 6.07 Å². The van der Waals surface area contributed by atoms with Gasteiger partial charge in [-0.2, -0.15) is 13.2 Å². The van der Waals surface area contributed by atoms with E-state index in [0.717, 1.165) is 6.92 Å². The second kappa shape index (κ2) is 5.78. The second-order valence-electron chi connectivity index (χ2n) is 4.33.